The van der Waals surface area contributed by atoms with E-state index in [1.807, 2.05) is 12.1 Å². The normalized spacial score (nSPS) is 14.5. The standard InChI is InChI=1S/C20H28N2O2S/c1-6-17-7-9-18(10-8-17)15(2)21-16(3)19-11-13-20(14-12-19)25(23,24)22(4)5/h7-16,21H,6H2,1-5H3/t15-,16-/m1/s1. The molecule has 0 aromatic heterocycles. The van der Waals surface area contributed by atoms with Crippen LogP contribution in [0, 0.1) is 0 Å². The summed E-state index contributed by atoms with van der Waals surface area (Å²) in [4.78, 5) is 0.316. The topological polar surface area (TPSA) is 49.4 Å². The van der Waals surface area contributed by atoms with Crippen molar-refractivity contribution >= 4 is 10.0 Å². The molecule has 2 rings (SSSR count). The lowest BCUT2D eigenvalue weighted by molar-refractivity contribution is 0.494. The van der Waals surface area contributed by atoms with E-state index in [-0.39, 0.29) is 12.1 Å². The van der Waals surface area contributed by atoms with Crippen molar-refractivity contribution in [2.75, 3.05) is 14.1 Å². The molecule has 0 heterocycles. The Balaban J connectivity index is 2.08. The molecule has 0 aliphatic carbocycles. The van der Waals surface area contributed by atoms with Crippen LogP contribution >= 0.6 is 0 Å². The highest BCUT2D eigenvalue weighted by Crippen LogP contribution is 2.22. The van der Waals surface area contributed by atoms with E-state index in [4.69, 9.17) is 0 Å². The Morgan fingerprint density at radius 1 is 0.880 bits per heavy atom. The average molecular weight is 361 g/mol. The van der Waals surface area contributed by atoms with E-state index in [1.54, 1.807) is 26.2 Å². The van der Waals surface area contributed by atoms with E-state index in [1.165, 1.54) is 15.4 Å². The molecule has 0 aliphatic heterocycles. The van der Waals surface area contributed by atoms with Crippen molar-refractivity contribution in [3.63, 3.8) is 0 Å². The maximum absolute atomic E-state index is 12.1. The predicted molar refractivity (Wildman–Crippen MR) is 103 cm³/mol. The van der Waals surface area contributed by atoms with Crippen molar-refractivity contribution in [3.8, 4) is 0 Å². The molecule has 0 spiro atoms. The average Bonchev–Trinajstić information content (AvgIpc) is 2.61. The quantitative estimate of drug-likeness (QED) is 0.814. The summed E-state index contributed by atoms with van der Waals surface area (Å²) in [6, 6.07) is 16.1. The lowest BCUT2D eigenvalue weighted by atomic mass is 10.0. The molecule has 4 nitrogen and oxygen atoms in total. The first kappa shape index (κ1) is 19.6. The third-order valence-corrected chi connectivity index (χ3v) is 6.38. The van der Waals surface area contributed by atoms with Gasteiger partial charge in [-0.15, -0.1) is 0 Å². The Morgan fingerprint density at radius 3 is 1.72 bits per heavy atom. The fourth-order valence-corrected chi connectivity index (χ4v) is 3.65. The molecule has 25 heavy (non-hydrogen) atoms. The highest BCUT2D eigenvalue weighted by atomic mass is 32.2. The van der Waals surface area contributed by atoms with Crippen LogP contribution in [-0.2, 0) is 16.4 Å². The van der Waals surface area contributed by atoms with Gasteiger partial charge in [-0.3, -0.25) is 0 Å². The molecule has 1 N–H and O–H groups in total. The second-order valence-electron chi connectivity index (χ2n) is 6.56. The minimum Gasteiger partial charge on any atom is -0.304 e. The molecule has 136 valence electrons. The van der Waals surface area contributed by atoms with E-state index in [2.05, 4.69) is 50.4 Å². The van der Waals surface area contributed by atoms with Gasteiger partial charge in [-0.05, 0) is 49.1 Å². The summed E-state index contributed by atoms with van der Waals surface area (Å²) in [5, 5.41) is 3.57. The minimum absolute atomic E-state index is 0.122. The summed E-state index contributed by atoms with van der Waals surface area (Å²) < 4.78 is 25.5. The summed E-state index contributed by atoms with van der Waals surface area (Å²) in [5.74, 6) is 0. The SMILES string of the molecule is CCc1ccc([C@@H](C)N[C@H](C)c2ccc(S(=O)(=O)N(C)C)cc2)cc1. The molecule has 0 unspecified atom stereocenters. The Kier molecular flexibility index (Phi) is 6.38. The van der Waals surface area contributed by atoms with Crippen LogP contribution in [-0.4, -0.2) is 26.8 Å². The van der Waals surface area contributed by atoms with Crippen LogP contribution in [0.3, 0.4) is 0 Å². The number of sulfonamides is 1. The molecular formula is C20H28N2O2S. The van der Waals surface area contributed by atoms with Gasteiger partial charge in [-0.2, -0.15) is 0 Å². The number of nitrogens with one attached hydrogen (secondary N) is 1. The second-order valence-corrected chi connectivity index (χ2v) is 8.71. The van der Waals surface area contributed by atoms with Crippen molar-refractivity contribution in [2.45, 2.75) is 44.2 Å². The zero-order chi connectivity index (χ0) is 18.6. The zero-order valence-corrected chi connectivity index (χ0v) is 16.5. The fraction of sp³-hybridized carbons (Fsp3) is 0.400. The molecule has 5 heteroatoms. The largest absolute Gasteiger partial charge is 0.304 e. The van der Waals surface area contributed by atoms with E-state index < -0.39 is 10.0 Å². The monoisotopic (exact) mass is 360 g/mol. The number of nitrogens with zero attached hydrogens (tertiary/aromatic N) is 1. The number of rotatable bonds is 7. The van der Waals surface area contributed by atoms with E-state index in [9.17, 15) is 8.42 Å². The maximum atomic E-state index is 12.1. The molecule has 0 aliphatic rings. The first-order valence-electron chi connectivity index (χ1n) is 8.63. The molecule has 2 atom stereocenters. The molecule has 0 saturated heterocycles. The molecule has 2 aromatic rings. The zero-order valence-electron chi connectivity index (χ0n) is 15.7. The summed E-state index contributed by atoms with van der Waals surface area (Å²) in [6.07, 6.45) is 1.04. The van der Waals surface area contributed by atoms with Crippen LogP contribution in [0.5, 0.6) is 0 Å². The molecule has 0 amide bonds. The van der Waals surface area contributed by atoms with Crippen LogP contribution in [0.1, 0.15) is 49.5 Å². The Morgan fingerprint density at radius 2 is 1.32 bits per heavy atom. The number of benzene rings is 2. The maximum Gasteiger partial charge on any atom is 0.242 e. The van der Waals surface area contributed by atoms with Crippen LogP contribution in [0.2, 0.25) is 0 Å². The third kappa shape index (κ3) is 4.69. The highest BCUT2D eigenvalue weighted by Gasteiger charge is 2.18. The van der Waals surface area contributed by atoms with Crippen molar-refractivity contribution in [1.29, 1.82) is 0 Å². The van der Waals surface area contributed by atoms with Gasteiger partial charge < -0.3 is 5.32 Å². The van der Waals surface area contributed by atoms with Gasteiger partial charge in [0.1, 0.15) is 0 Å². The van der Waals surface area contributed by atoms with Gasteiger partial charge in [0, 0.05) is 26.2 Å². The lowest BCUT2D eigenvalue weighted by Gasteiger charge is -2.21. The summed E-state index contributed by atoms with van der Waals surface area (Å²) in [5.41, 5.74) is 3.65. The summed E-state index contributed by atoms with van der Waals surface area (Å²) in [7, 11) is -0.298. The van der Waals surface area contributed by atoms with Crippen molar-refractivity contribution < 1.29 is 8.42 Å². The first-order valence-corrected chi connectivity index (χ1v) is 10.1. The smallest absolute Gasteiger partial charge is 0.242 e. The highest BCUT2D eigenvalue weighted by molar-refractivity contribution is 7.89. The number of hydrogen-bond donors (Lipinski definition) is 1. The van der Waals surface area contributed by atoms with Crippen LogP contribution in [0.4, 0.5) is 0 Å². The third-order valence-electron chi connectivity index (χ3n) is 4.55. The second kappa shape index (κ2) is 8.13. The van der Waals surface area contributed by atoms with Crippen molar-refractivity contribution in [3.05, 3.63) is 65.2 Å². The minimum atomic E-state index is -3.38. The fourth-order valence-electron chi connectivity index (χ4n) is 2.75. The molecule has 2 aromatic carbocycles. The predicted octanol–water partition coefficient (Wildman–Crippen LogP) is 3.91. The molecule has 0 bridgehead atoms. The molecule has 0 radical (unpaired) electrons. The lowest BCUT2D eigenvalue weighted by Crippen LogP contribution is -2.23. The van der Waals surface area contributed by atoms with E-state index in [0.717, 1.165) is 12.0 Å². The molecular weight excluding hydrogens is 332 g/mol. The number of hydrogen-bond acceptors (Lipinski definition) is 3. The summed E-state index contributed by atoms with van der Waals surface area (Å²) in [6.45, 7) is 6.38. The van der Waals surface area contributed by atoms with Gasteiger partial charge in [0.25, 0.3) is 0 Å². The Bertz CT molecular complexity index is 781. The van der Waals surface area contributed by atoms with Gasteiger partial charge in [-0.1, -0.05) is 43.3 Å². The van der Waals surface area contributed by atoms with E-state index >= 15 is 0 Å². The Labute approximate surface area is 151 Å². The molecule has 0 fully saturated rings. The van der Waals surface area contributed by atoms with Gasteiger partial charge in [-0.25, -0.2) is 12.7 Å². The first-order chi connectivity index (χ1) is 11.8. The van der Waals surface area contributed by atoms with Gasteiger partial charge in [0.05, 0.1) is 4.90 Å². The van der Waals surface area contributed by atoms with Crippen LogP contribution in [0.25, 0.3) is 0 Å². The molecule has 0 saturated carbocycles. The van der Waals surface area contributed by atoms with E-state index in [0.29, 0.717) is 4.90 Å². The van der Waals surface area contributed by atoms with Crippen LogP contribution < -0.4 is 5.32 Å². The van der Waals surface area contributed by atoms with Gasteiger partial charge in [0.2, 0.25) is 10.0 Å². The van der Waals surface area contributed by atoms with Gasteiger partial charge >= 0.3 is 0 Å². The summed E-state index contributed by atoms with van der Waals surface area (Å²) >= 11 is 0. The van der Waals surface area contributed by atoms with Crippen molar-refractivity contribution in [2.24, 2.45) is 0 Å². The van der Waals surface area contributed by atoms with Gasteiger partial charge in [0.15, 0.2) is 0 Å². The number of aryl methyl sites for hydroxylation is 1. The Hall–Kier alpha value is -1.69. The van der Waals surface area contributed by atoms with Crippen LogP contribution in [0.15, 0.2) is 53.4 Å². The van der Waals surface area contributed by atoms with Crippen molar-refractivity contribution in [1.82, 2.24) is 9.62 Å².